The number of benzene rings is 3. The van der Waals surface area contributed by atoms with Gasteiger partial charge in [-0.15, -0.1) is 0 Å². The smallest absolute Gasteiger partial charge is 0.0723 e. The molecule has 3 aromatic rings. The van der Waals surface area contributed by atoms with Crippen molar-refractivity contribution in [1.29, 1.82) is 0 Å². The molecule has 0 saturated heterocycles. The van der Waals surface area contributed by atoms with E-state index in [4.69, 9.17) is 0 Å². The minimum Gasteiger partial charge on any atom is -0.277 e. The zero-order valence-corrected chi connectivity index (χ0v) is 15.1. The highest BCUT2D eigenvalue weighted by Crippen LogP contribution is 2.21. The maximum atomic E-state index is 4.69. The number of nitrogens with one attached hydrogen (secondary N) is 1. The summed E-state index contributed by atoms with van der Waals surface area (Å²) >= 11 is 3.55. The van der Waals surface area contributed by atoms with E-state index in [1.807, 2.05) is 30.3 Å². The fraction of sp³-hybridized carbons (Fsp3) is 0.0952. The molecule has 0 amide bonds. The SMILES string of the molecule is Cc1ccc(C(Cc2ccccc2)=NNc2ccccc2Br)cc1. The van der Waals surface area contributed by atoms with E-state index in [2.05, 4.69) is 81.9 Å². The Morgan fingerprint density at radius 2 is 1.54 bits per heavy atom. The fourth-order valence-corrected chi connectivity index (χ4v) is 2.79. The molecule has 0 unspecified atom stereocenters. The number of halogens is 1. The minimum absolute atomic E-state index is 0.779. The number of rotatable bonds is 5. The molecule has 0 saturated carbocycles. The van der Waals surface area contributed by atoms with Crippen molar-refractivity contribution in [2.45, 2.75) is 13.3 Å². The fourth-order valence-electron chi connectivity index (χ4n) is 2.42. The Labute approximate surface area is 151 Å². The number of para-hydroxylation sites is 1. The molecule has 0 bridgehead atoms. The Bertz CT molecular complexity index is 824. The van der Waals surface area contributed by atoms with Crippen LogP contribution in [0, 0.1) is 6.92 Å². The van der Waals surface area contributed by atoms with E-state index in [-0.39, 0.29) is 0 Å². The van der Waals surface area contributed by atoms with Crippen molar-refractivity contribution in [3.05, 3.63) is 100 Å². The standard InChI is InChI=1S/C21H19BrN2/c1-16-11-13-18(14-12-16)21(15-17-7-3-2-4-8-17)24-23-20-10-6-5-9-19(20)22/h2-14,23H,15H2,1H3. The average molecular weight is 379 g/mol. The van der Waals surface area contributed by atoms with Gasteiger partial charge in [0.2, 0.25) is 0 Å². The zero-order chi connectivity index (χ0) is 16.8. The average Bonchev–Trinajstić information content (AvgIpc) is 2.61. The largest absolute Gasteiger partial charge is 0.277 e. The van der Waals surface area contributed by atoms with Gasteiger partial charge in [0.15, 0.2) is 0 Å². The van der Waals surface area contributed by atoms with E-state index in [0.717, 1.165) is 27.9 Å². The molecule has 0 fully saturated rings. The third-order valence-electron chi connectivity index (χ3n) is 3.78. The number of nitrogens with zero attached hydrogens (tertiary/aromatic N) is 1. The van der Waals surface area contributed by atoms with Gasteiger partial charge in [-0.3, -0.25) is 5.43 Å². The number of hydrogen-bond donors (Lipinski definition) is 1. The lowest BCUT2D eigenvalue weighted by Crippen LogP contribution is -2.08. The lowest BCUT2D eigenvalue weighted by molar-refractivity contribution is 1.24. The van der Waals surface area contributed by atoms with Crippen molar-refractivity contribution in [3.63, 3.8) is 0 Å². The van der Waals surface area contributed by atoms with Gasteiger partial charge in [-0.25, -0.2) is 0 Å². The topological polar surface area (TPSA) is 24.4 Å². The highest BCUT2D eigenvalue weighted by Gasteiger charge is 2.06. The molecule has 0 radical (unpaired) electrons. The summed E-state index contributed by atoms with van der Waals surface area (Å²) in [7, 11) is 0. The Morgan fingerprint density at radius 1 is 0.875 bits per heavy atom. The third kappa shape index (κ3) is 4.33. The van der Waals surface area contributed by atoms with E-state index < -0.39 is 0 Å². The predicted molar refractivity (Wildman–Crippen MR) is 106 cm³/mol. The Kier molecular flexibility index (Phi) is 5.44. The third-order valence-corrected chi connectivity index (χ3v) is 4.48. The van der Waals surface area contributed by atoms with Crippen LogP contribution < -0.4 is 5.43 Å². The molecule has 0 atom stereocenters. The molecule has 0 aliphatic carbocycles. The van der Waals surface area contributed by atoms with Crippen LogP contribution in [0.4, 0.5) is 5.69 Å². The molecular formula is C21H19BrN2. The minimum atomic E-state index is 0.779. The monoisotopic (exact) mass is 378 g/mol. The highest BCUT2D eigenvalue weighted by atomic mass is 79.9. The Balaban J connectivity index is 1.90. The second-order valence-electron chi connectivity index (χ2n) is 5.68. The van der Waals surface area contributed by atoms with Crippen LogP contribution in [0.5, 0.6) is 0 Å². The van der Waals surface area contributed by atoms with Crippen molar-refractivity contribution in [2.75, 3.05) is 5.43 Å². The second-order valence-corrected chi connectivity index (χ2v) is 6.53. The summed E-state index contributed by atoms with van der Waals surface area (Å²) < 4.78 is 0.997. The van der Waals surface area contributed by atoms with Gasteiger partial charge in [0, 0.05) is 10.9 Å². The summed E-state index contributed by atoms with van der Waals surface area (Å²) in [6, 6.07) is 26.9. The van der Waals surface area contributed by atoms with Crippen molar-refractivity contribution < 1.29 is 0 Å². The van der Waals surface area contributed by atoms with Crippen LogP contribution in [-0.2, 0) is 6.42 Å². The molecule has 0 aliphatic rings. The van der Waals surface area contributed by atoms with Crippen LogP contribution in [-0.4, -0.2) is 5.71 Å². The lowest BCUT2D eigenvalue weighted by atomic mass is 10.0. The van der Waals surface area contributed by atoms with Crippen LogP contribution in [0.15, 0.2) is 88.4 Å². The summed E-state index contributed by atoms with van der Waals surface area (Å²) in [5.74, 6) is 0. The van der Waals surface area contributed by atoms with Gasteiger partial charge >= 0.3 is 0 Å². The first-order valence-corrected chi connectivity index (χ1v) is 8.70. The molecule has 0 spiro atoms. The number of hydrazone groups is 1. The summed E-state index contributed by atoms with van der Waals surface area (Å²) in [5, 5.41) is 4.69. The Hall–Kier alpha value is -2.39. The summed E-state index contributed by atoms with van der Waals surface area (Å²) in [5.41, 5.74) is 8.77. The first-order chi connectivity index (χ1) is 11.7. The van der Waals surface area contributed by atoms with E-state index in [1.165, 1.54) is 11.1 Å². The molecule has 24 heavy (non-hydrogen) atoms. The normalized spacial score (nSPS) is 11.3. The van der Waals surface area contributed by atoms with Gasteiger partial charge in [0.1, 0.15) is 0 Å². The van der Waals surface area contributed by atoms with E-state index >= 15 is 0 Å². The quantitative estimate of drug-likeness (QED) is 0.439. The first kappa shape index (κ1) is 16.5. The first-order valence-electron chi connectivity index (χ1n) is 7.90. The van der Waals surface area contributed by atoms with Gasteiger partial charge in [0.05, 0.1) is 11.4 Å². The molecule has 1 N–H and O–H groups in total. The van der Waals surface area contributed by atoms with Crippen LogP contribution in [0.2, 0.25) is 0 Å². The molecule has 3 aromatic carbocycles. The number of aryl methyl sites for hydroxylation is 1. The summed E-state index contributed by atoms with van der Waals surface area (Å²) in [4.78, 5) is 0. The molecule has 3 rings (SSSR count). The van der Waals surface area contributed by atoms with Crippen molar-refractivity contribution in [2.24, 2.45) is 5.10 Å². The Morgan fingerprint density at radius 3 is 2.25 bits per heavy atom. The van der Waals surface area contributed by atoms with Gasteiger partial charge in [-0.1, -0.05) is 72.3 Å². The van der Waals surface area contributed by atoms with Crippen LogP contribution in [0.3, 0.4) is 0 Å². The summed E-state index contributed by atoms with van der Waals surface area (Å²) in [6.45, 7) is 2.09. The zero-order valence-electron chi connectivity index (χ0n) is 13.5. The van der Waals surface area contributed by atoms with E-state index in [9.17, 15) is 0 Å². The molecule has 120 valence electrons. The molecular weight excluding hydrogens is 360 g/mol. The molecule has 3 heteroatoms. The van der Waals surface area contributed by atoms with E-state index in [1.54, 1.807) is 0 Å². The highest BCUT2D eigenvalue weighted by molar-refractivity contribution is 9.10. The van der Waals surface area contributed by atoms with Crippen LogP contribution in [0.25, 0.3) is 0 Å². The molecule has 2 nitrogen and oxygen atoms in total. The van der Waals surface area contributed by atoms with Crippen molar-refractivity contribution >= 4 is 27.3 Å². The maximum absolute atomic E-state index is 4.69. The van der Waals surface area contributed by atoms with Gasteiger partial charge in [-0.2, -0.15) is 5.10 Å². The van der Waals surface area contributed by atoms with Gasteiger partial charge in [-0.05, 0) is 46.1 Å². The lowest BCUT2D eigenvalue weighted by Gasteiger charge is -2.10. The summed E-state index contributed by atoms with van der Waals surface area (Å²) in [6.07, 6.45) is 0.779. The molecule has 0 aliphatic heterocycles. The van der Waals surface area contributed by atoms with Crippen LogP contribution in [0.1, 0.15) is 16.7 Å². The van der Waals surface area contributed by atoms with Gasteiger partial charge in [0.25, 0.3) is 0 Å². The number of hydrogen-bond acceptors (Lipinski definition) is 2. The predicted octanol–water partition coefficient (Wildman–Crippen LogP) is 5.82. The van der Waals surface area contributed by atoms with E-state index in [0.29, 0.717) is 0 Å². The second kappa shape index (κ2) is 7.93. The van der Waals surface area contributed by atoms with Crippen LogP contribution >= 0.6 is 15.9 Å². The van der Waals surface area contributed by atoms with Gasteiger partial charge < -0.3 is 0 Å². The number of anilines is 1. The molecule has 0 heterocycles. The van der Waals surface area contributed by atoms with Crippen molar-refractivity contribution in [3.8, 4) is 0 Å². The van der Waals surface area contributed by atoms with Crippen molar-refractivity contribution in [1.82, 2.24) is 0 Å². The maximum Gasteiger partial charge on any atom is 0.0723 e. The molecule has 0 aromatic heterocycles.